The second kappa shape index (κ2) is 7.27. The number of rotatable bonds is 5. The van der Waals surface area contributed by atoms with Crippen molar-refractivity contribution in [3.8, 4) is 0 Å². The molecular formula is C15H28N2O3. The number of aliphatic hydroxyl groups is 1. The molecule has 1 aliphatic carbocycles. The van der Waals surface area contributed by atoms with Gasteiger partial charge in [0.25, 0.3) is 0 Å². The Labute approximate surface area is 121 Å². The zero-order valence-electron chi connectivity index (χ0n) is 12.7. The van der Waals surface area contributed by atoms with E-state index in [-0.39, 0.29) is 18.2 Å². The number of aliphatic hydroxyl groups excluding tert-OH is 1. The van der Waals surface area contributed by atoms with Crippen LogP contribution in [0.3, 0.4) is 0 Å². The van der Waals surface area contributed by atoms with Crippen molar-refractivity contribution in [1.82, 2.24) is 10.2 Å². The molecule has 5 nitrogen and oxygen atoms in total. The minimum Gasteiger partial charge on any atom is -0.453 e. The summed E-state index contributed by atoms with van der Waals surface area (Å²) in [5.41, 5.74) is 0. The Hall–Kier alpha value is -0.810. The molecule has 0 aromatic carbocycles. The van der Waals surface area contributed by atoms with E-state index in [9.17, 15) is 9.90 Å². The normalized spacial score (nSPS) is 29.6. The number of hydrogen-bond acceptors (Lipinski definition) is 4. The first-order chi connectivity index (χ1) is 9.62. The van der Waals surface area contributed by atoms with Gasteiger partial charge in [-0.15, -0.1) is 0 Å². The topological polar surface area (TPSA) is 61.8 Å². The molecule has 2 N–H and O–H groups in total. The number of nitrogens with one attached hydrogen (secondary N) is 1. The van der Waals surface area contributed by atoms with E-state index in [1.54, 1.807) is 0 Å². The van der Waals surface area contributed by atoms with Gasteiger partial charge in [0.1, 0.15) is 0 Å². The maximum atomic E-state index is 11.4. The SMILES string of the molecule is CCC(O)CC1CC(NC(=O)OC)CN(C2CCC2)C1. The van der Waals surface area contributed by atoms with Gasteiger partial charge in [0.15, 0.2) is 0 Å². The number of amides is 1. The fourth-order valence-electron chi connectivity index (χ4n) is 3.34. The largest absolute Gasteiger partial charge is 0.453 e. The maximum absolute atomic E-state index is 11.4. The molecule has 116 valence electrons. The van der Waals surface area contributed by atoms with E-state index in [0.29, 0.717) is 12.0 Å². The molecule has 0 radical (unpaired) electrons. The average Bonchev–Trinajstić information content (AvgIpc) is 2.36. The summed E-state index contributed by atoms with van der Waals surface area (Å²) < 4.78 is 4.71. The number of likely N-dealkylation sites (tertiary alicyclic amines) is 1. The highest BCUT2D eigenvalue weighted by atomic mass is 16.5. The molecule has 0 aromatic heterocycles. The first-order valence-electron chi connectivity index (χ1n) is 7.89. The summed E-state index contributed by atoms with van der Waals surface area (Å²) in [5, 5.41) is 12.8. The lowest BCUT2D eigenvalue weighted by Gasteiger charge is -2.45. The lowest BCUT2D eigenvalue weighted by atomic mass is 9.84. The van der Waals surface area contributed by atoms with Crippen LogP contribution in [0.5, 0.6) is 0 Å². The van der Waals surface area contributed by atoms with Crippen LogP contribution in [0.15, 0.2) is 0 Å². The fraction of sp³-hybridized carbons (Fsp3) is 0.933. The molecular weight excluding hydrogens is 256 g/mol. The first kappa shape index (κ1) is 15.6. The monoisotopic (exact) mass is 284 g/mol. The molecule has 20 heavy (non-hydrogen) atoms. The van der Waals surface area contributed by atoms with Gasteiger partial charge >= 0.3 is 6.09 Å². The van der Waals surface area contributed by atoms with E-state index >= 15 is 0 Å². The molecule has 1 aliphatic heterocycles. The van der Waals surface area contributed by atoms with Crippen molar-refractivity contribution in [2.45, 2.75) is 63.6 Å². The molecule has 5 heteroatoms. The Kier molecular flexibility index (Phi) is 5.66. The summed E-state index contributed by atoms with van der Waals surface area (Å²) in [6.45, 7) is 3.99. The third kappa shape index (κ3) is 4.09. The van der Waals surface area contributed by atoms with Crippen molar-refractivity contribution >= 4 is 6.09 Å². The van der Waals surface area contributed by atoms with Crippen LogP contribution in [0.1, 0.15) is 45.4 Å². The van der Waals surface area contributed by atoms with E-state index in [1.165, 1.54) is 26.4 Å². The molecule has 2 fully saturated rings. The fourth-order valence-corrected chi connectivity index (χ4v) is 3.34. The molecule has 3 unspecified atom stereocenters. The Morgan fingerprint density at radius 2 is 2.20 bits per heavy atom. The van der Waals surface area contributed by atoms with Crippen LogP contribution in [0, 0.1) is 5.92 Å². The summed E-state index contributed by atoms with van der Waals surface area (Å²) in [7, 11) is 1.40. The molecule has 2 rings (SSSR count). The van der Waals surface area contributed by atoms with E-state index in [4.69, 9.17) is 4.74 Å². The predicted molar refractivity (Wildman–Crippen MR) is 77.6 cm³/mol. The molecule has 0 spiro atoms. The van der Waals surface area contributed by atoms with Gasteiger partial charge in [-0.2, -0.15) is 0 Å². The van der Waals surface area contributed by atoms with Crippen molar-refractivity contribution in [2.24, 2.45) is 5.92 Å². The van der Waals surface area contributed by atoms with Crippen LogP contribution in [-0.2, 0) is 4.74 Å². The van der Waals surface area contributed by atoms with Crippen LogP contribution in [0.2, 0.25) is 0 Å². The standard InChI is InChI=1S/C15H28N2O3/c1-3-14(18)8-11-7-12(16-15(19)20-2)10-17(9-11)13-5-4-6-13/h11-14,18H,3-10H2,1-2H3,(H,16,19). The van der Waals surface area contributed by atoms with Gasteiger partial charge in [0.2, 0.25) is 0 Å². The summed E-state index contributed by atoms with van der Waals surface area (Å²) in [6.07, 6.45) is 5.87. The molecule has 3 atom stereocenters. The third-order valence-electron chi connectivity index (χ3n) is 4.74. The Bertz CT molecular complexity index is 320. The van der Waals surface area contributed by atoms with Crippen LogP contribution in [-0.4, -0.2) is 54.5 Å². The van der Waals surface area contributed by atoms with E-state index in [0.717, 1.165) is 32.4 Å². The smallest absolute Gasteiger partial charge is 0.407 e. The molecule has 1 amide bonds. The van der Waals surface area contributed by atoms with E-state index in [1.807, 2.05) is 6.92 Å². The zero-order valence-corrected chi connectivity index (χ0v) is 12.7. The maximum Gasteiger partial charge on any atom is 0.407 e. The highest BCUT2D eigenvalue weighted by Crippen LogP contribution is 2.31. The Balaban J connectivity index is 1.92. The number of piperidine rings is 1. The van der Waals surface area contributed by atoms with Gasteiger partial charge in [0, 0.05) is 25.2 Å². The minimum atomic E-state index is -0.347. The van der Waals surface area contributed by atoms with Crippen LogP contribution in [0.4, 0.5) is 4.79 Å². The van der Waals surface area contributed by atoms with E-state index in [2.05, 4.69) is 10.2 Å². The Morgan fingerprint density at radius 1 is 1.45 bits per heavy atom. The molecule has 1 saturated carbocycles. The minimum absolute atomic E-state index is 0.144. The molecule has 1 saturated heterocycles. The van der Waals surface area contributed by atoms with Crippen molar-refractivity contribution in [1.29, 1.82) is 0 Å². The first-order valence-corrected chi connectivity index (χ1v) is 7.89. The predicted octanol–water partition coefficient (Wildman–Crippen LogP) is 1.75. The summed E-state index contributed by atoms with van der Waals surface area (Å²) in [6, 6.07) is 0.823. The van der Waals surface area contributed by atoms with Crippen molar-refractivity contribution < 1.29 is 14.6 Å². The van der Waals surface area contributed by atoms with Gasteiger partial charge < -0.3 is 15.2 Å². The molecule has 0 bridgehead atoms. The van der Waals surface area contributed by atoms with Gasteiger partial charge in [-0.25, -0.2) is 4.79 Å². The average molecular weight is 284 g/mol. The highest BCUT2D eigenvalue weighted by Gasteiger charge is 2.34. The number of carbonyl (C=O) groups is 1. The lowest BCUT2D eigenvalue weighted by Crippen LogP contribution is -2.55. The van der Waals surface area contributed by atoms with Crippen LogP contribution >= 0.6 is 0 Å². The van der Waals surface area contributed by atoms with Gasteiger partial charge in [-0.1, -0.05) is 13.3 Å². The number of alkyl carbamates (subject to hydrolysis) is 1. The second-order valence-corrected chi connectivity index (χ2v) is 6.27. The van der Waals surface area contributed by atoms with Crippen molar-refractivity contribution in [3.05, 3.63) is 0 Å². The number of carbonyl (C=O) groups excluding carboxylic acids is 1. The zero-order chi connectivity index (χ0) is 14.5. The Morgan fingerprint density at radius 3 is 2.75 bits per heavy atom. The summed E-state index contributed by atoms with van der Waals surface area (Å²) in [4.78, 5) is 13.9. The molecule has 0 aromatic rings. The number of methoxy groups -OCH3 is 1. The lowest BCUT2D eigenvalue weighted by molar-refractivity contribution is 0.0368. The van der Waals surface area contributed by atoms with E-state index < -0.39 is 0 Å². The van der Waals surface area contributed by atoms with Crippen LogP contribution < -0.4 is 5.32 Å². The van der Waals surface area contributed by atoms with Crippen molar-refractivity contribution in [2.75, 3.05) is 20.2 Å². The molecule has 1 heterocycles. The highest BCUT2D eigenvalue weighted by molar-refractivity contribution is 5.67. The van der Waals surface area contributed by atoms with Gasteiger partial charge in [0.05, 0.1) is 13.2 Å². The van der Waals surface area contributed by atoms with Crippen LogP contribution in [0.25, 0.3) is 0 Å². The quantitative estimate of drug-likeness (QED) is 0.807. The number of hydrogen-bond donors (Lipinski definition) is 2. The second-order valence-electron chi connectivity index (χ2n) is 6.27. The number of nitrogens with zero attached hydrogens (tertiary/aromatic N) is 1. The van der Waals surface area contributed by atoms with Gasteiger partial charge in [-0.3, -0.25) is 4.90 Å². The van der Waals surface area contributed by atoms with Gasteiger partial charge in [-0.05, 0) is 38.0 Å². The van der Waals surface area contributed by atoms with Crippen molar-refractivity contribution in [3.63, 3.8) is 0 Å². The summed E-state index contributed by atoms with van der Waals surface area (Å²) >= 11 is 0. The number of ether oxygens (including phenoxy) is 1. The third-order valence-corrected chi connectivity index (χ3v) is 4.74. The molecule has 2 aliphatic rings. The summed E-state index contributed by atoms with van der Waals surface area (Å²) in [5.74, 6) is 0.460.